The first kappa shape index (κ1) is 21.1. The minimum absolute atomic E-state index is 0.266. The number of aryl methyl sites for hydroxylation is 1. The smallest absolute Gasteiger partial charge is 0.341 e. The summed E-state index contributed by atoms with van der Waals surface area (Å²) in [4.78, 5) is 16.2. The molecule has 1 heterocycles. The fourth-order valence-corrected chi connectivity index (χ4v) is 2.56. The van der Waals surface area contributed by atoms with Gasteiger partial charge < -0.3 is 29.3 Å². The lowest BCUT2D eigenvalue weighted by atomic mass is 10.2. The van der Waals surface area contributed by atoms with Gasteiger partial charge in [-0.15, -0.1) is 0 Å². The molecule has 2 rings (SSSR count). The molecule has 2 N–H and O–H groups in total. The summed E-state index contributed by atoms with van der Waals surface area (Å²) in [6.07, 6.45) is 0. The number of hydrogen-bond acceptors (Lipinski definition) is 6. The van der Waals surface area contributed by atoms with Crippen molar-refractivity contribution in [2.75, 3.05) is 32.7 Å². The number of methoxy groups -OCH3 is 2. The Morgan fingerprint density at radius 3 is 2.61 bits per heavy atom. The number of benzene rings is 1. The van der Waals surface area contributed by atoms with Gasteiger partial charge in [0.05, 0.1) is 20.8 Å². The first-order valence-electron chi connectivity index (χ1n) is 9.06. The lowest BCUT2D eigenvalue weighted by Gasteiger charge is -2.14. The van der Waals surface area contributed by atoms with E-state index in [2.05, 4.69) is 15.6 Å². The van der Waals surface area contributed by atoms with Gasteiger partial charge in [-0.2, -0.15) is 0 Å². The zero-order valence-corrected chi connectivity index (χ0v) is 16.9. The van der Waals surface area contributed by atoms with Crippen LogP contribution in [0.15, 0.2) is 33.7 Å². The summed E-state index contributed by atoms with van der Waals surface area (Å²) < 4.78 is 21.2. The molecule has 28 heavy (non-hydrogen) atoms. The molecule has 8 nitrogen and oxygen atoms in total. The van der Waals surface area contributed by atoms with Gasteiger partial charge in [0.25, 0.3) is 0 Å². The molecule has 0 atom stereocenters. The van der Waals surface area contributed by atoms with Crippen molar-refractivity contribution >= 4 is 17.6 Å². The number of guanidine groups is 1. The van der Waals surface area contributed by atoms with E-state index in [1.54, 1.807) is 20.1 Å². The van der Waals surface area contributed by atoms with Crippen molar-refractivity contribution < 1.29 is 23.4 Å². The van der Waals surface area contributed by atoms with Gasteiger partial charge in [-0.25, -0.2) is 9.79 Å². The Bertz CT molecular complexity index is 829. The number of carbonyl (C=O) groups is 1. The van der Waals surface area contributed by atoms with Gasteiger partial charge in [-0.3, -0.25) is 0 Å². The van der Waals surface area contributed by atoms with E-state index in [-0.39, 0.29) is 6.54 Å². The molecule has 1 aromatic heterocycles. The van der Waals surface area contributed by atoms with Gasteiger partial charge in [0.2, 0.25) is 0 Å². The van der Waals surface area contributed by atoms with Crippen LogP contribution in [0.3, 0.4) is 0 Å². The first-order valence-corrected chi connectivity index (χ1v) is 9.06. The second-order valence-corrected chi connectivity index (χ2v) is 5.79. The number of anilines is 1. The molecule has 152 valence electrons. The lowest BCUT2D eigenvalue weighted by Crippen LogP contribution is -2.30. The lowest BCUT2D eigenvalue weighted by molar-refractivity contribution is 0.0599. The number of rotatable bonds is 8. The van der Waals surface area contributed by atoms with E-state index in [1.165, 1.54) is 7.11 Å². The van der Waals surface area contributed by atoms with Crippen molar-refractivity contribution in [3.05, 3.63) is 41.3 Å². The van der Waals surface area contributed by atoms with Gasteiger partial charge >= 0.3 is 5.97 Å². The Kier molecular flexibility index (Phi) is 7.74. The highest BCUT2D eigenvalue weighted by molar-refractivity contribution is 5.94. The van der Waals surface area contributed by atoms with E-state index in [0.717, 1.165) is 5.69 Å². The van der Waals surface area contributed by atoms with Gasteiger partial charge in [0.15, 0.2) is 17.5 Å². The summed E-state index contributed by atoms with van der Waals surface area (Å²) in [7, 11) is 2.94. The highest BCUT2D eigenvalue weighted by Gasteiger charge is 2.15. The van der Waals surface area contributed by atoms with Gasteiger partial charge in [0, 0.05) is 18.3 Å². The summed E-state index contributed by atoms with van der Waals surface area (Å²) in [5, 5.41) is 6.40. The van der Waals surface area contributed by atoms with Crippen LogP contribution < -0.4 is 20.1 Å². The Morgan fingerprint density at radius 1 is 1.18 bits per heavy atom. The number of hydrogen-bond donors (Lipinski definition) is 2. The third-order valence-electron chi connectivity index (χ3n) is 3.84. The minimum Gasteiger partial charge on any atom is -0.493 e. The second-order valence-electron chi connectivity index (χ2n) is 5.79. The fraction of sp³-hybridized carbons (Fsp3) is 0.400. The number of ether oxygens (including phenoxy) is 3. The van der Waals surface area contributed by atoms with Crippen molar-refractivity contribution in [2.45, 2.75) is 27.3 Å². The zero-order chi connectivity index (χ0) is 20.5. The van der Waals surface area contributed by atoms with Gasteiger partial charge in [0.1, 0.15) is 23.6 Å². The standard InChI is InChI=1S/C20H27N3O5/c1-6-21-20(22-12-15-11-16(13(3)28-15)19(24)26-5)23-14-8-9-17(25-4)18(10-14)27-7-2/h8-11H,6-7,12H2,1-5H3,(H2,21,22,23). The summed E-state index contributed by atoms with van der Waals surface area (Å²) in [6, 6.07) is 7.20. The maximum absolute atomic E-state index is 11.7. The summed E-state index contributed by atoms with van der Waals surface area (Å²) >= 11 is 0. The quantitative estimate of drug-likeness (QED) is 0.406. The molecule has 8 heteroatoms. The Balaban J connectivity index is 2.17. The van der Waals surface area contributed by atoms with Crippen LogP contribution in [0, 0.1) is 6.92 Å². The van der Waals surface area contributed by atoms with Crippen LogP contribution in [0.25, 0.3) is 0 Å². The van der Waals surface area contributed by atoms with Crippen molar-refractivity contribution in [2.24, 2.45) is 4.99 Å². The highest BCUT2D eigenvalue weighted by Crippen LogP contribution is 2.30. The number of nitrogens with zero attached hydrogens (tertiary/aromatic N) is 1. The van der Waals surface area contributed by atoms with Gasteiger partial charge in [-0.1, -0.05) is 0 Å². The molecule has 0 fully saturated rings. The van der Waals surface area contributed by atoms with Crippen molar-refractivity contribution in [3.63, 3.8) is 0 Å². The molecule has 0 spiro atoms. The second kappa shape index (κ2) is 10.2. The number of nitrogens with one attached hydrogen (secondary N) is 2. The number of carbonyl (C=O) groups excluding carboxylic acids is 1. The molecular formula is C20H27N3O5. The maximum Gasteiger partial charge on any atom is 0.341 e. The average molecular weight is 389 g/mol. The topological polar surface area (TPSA) is 94.3 Å². The van der Waals surface area contributed by atoms with Crippen LogP contribution in [0.5, 0.6) is 11.5 Å². The Morgan fingerprint density at radius 2 is 1.96 bits per heavy atom. The Labute approximate surface area is 164 Å². The van der Waals surface area contributed by atoms with Crippen LogP contribution in [-0.2, 0) is 11.3 Å². The molecule has 0 bridgehead atoms. The van der Waals surface area contributed by atoms with Gasteiger partial charge in [-0.05, 0) is 39.0 Å². The normalized spacial score (nSPS) is 11.1. The predicted octanol–water partition coefficient (Wildman–Crippen LogP) is 3.36. The van der Waals surface area contributed by atoms with E-state index in [4.69, 9.17) is 18.6 Å². The van der Waals surface area contributed by atoms with E-state index in [1.807, 2.05) is 32.0 Å². The maximum atomic E-state index is 11.7. The molecule has 0 amide bonds. The van der Waals surface area contributed by atoms with Crippen molar-refractivity contribution in [1.29, 1.82) is 0 Å². The largest absolute Gasteiger partial charge is 0.493 e. The number of aliphatic imine (C=N–C) groups is 1. The SMILES string of the molecule is CCNC(=NCc1cc(C(=O)OC)c(C)o1)Nc1ccc(OC)c(OCC)c1. The third-order valence-corrected chi connectivity index (χ3v) is 3.84. The molecule has 0 aliphatic carbocycles. The monoisotopic (exact) mass is 389 g/mol. The summed E-state index contributed by atoms with van der Waals surface area (Å²) in [5.41, 5.74) is 1.21. The van der Waals surface area contributed by atoms with E-state index < -0.39 is 5.97 Å². The highest BCUT2D eigenvalue weighted by atomic mass is 16.5. The first-order chi connectivity index (χ1) is 13.5. The van der Waals surface area contributed by atoms with Crippen LogP contribution in [0.1, 0.15) is 35.7 Å². The summed E-state index contributed by atoms with van der Waals surface area (Å²) in [6.45, 7) is 7.10. The molecule has 0 unspecified atom stereocenters. The molecule has 0 aliphatic rings. The van der Waals surface area contributed by atoms with E-state index in [9.17, 15) is 4.79 Å². The molecule has 0 saturated carbocycles. The zero-order valence-electron chi connectivity index (χ0n) is 16.9. The van der Waals surface area contributed by atoms with Crippen LogP contribution in [0.2, 0.25) is 0 Å². The van der Waals surface area contributed by atoms with Crippen LogP contribution >= 0.6 is 0 Å². The molecular weight excluding hydrogens is 362 g/mol. The van der Waals surface area contributed by atoms with Crippen molar-refractivity contribution in [1.82, 2.24) is 5.32 Å². The molecule has 0 saturated heterocycles. The summed E-state index contributed by atoms with van der Waals surface area (Å²) in [5.74, 6) is 2.53. The molecule has 0 aliphatic heterocycles. The van der Waals surface area contributed by atoms with Crippen LogP contribution in [0.4, 0.5) is 5.69 Å². The number of esters is 1. The molecule has 2 aromatic rings. The van der Waals surface area contributed by atoms with E-state index >= 15 is 0 Å². The molecule has 1 aromatic carbocycles. The average Bonchev–Trinajstić information content (AvgIpc) is 3.07. The van der Waals surface area contributed by atoms with Crippen molar-refractivity contribution in [3.8, 4) is 11.5 Å². The fourth-order valence-electron chi connectivity index (χ4n) is 2.56. The minimum atomic E-state index is -0.428. The third kappa shape index (κ3) is 5.42. The van der Waals surface area contributed by atoms with E-state index in [0.29, 0.717) is 47.7 Å². The molecule has 0 radical (unpaired) electrons. The van der Waals surface area contributed by atoms with Crippen LogP contribution in [-0.4, -0.2) is 39.3 Å². The Hall–Kier alpha value is -3.16. The number of furan rings is 1. The predicted molar refractivity (Wildman–Crippen MR) is 107 cm³/mol.